The first-order valence-corrected chi connectivity index (χ1v) is 13.0. The van der Waals surface area contributed by atoms with Gasteiger partial charge in [0.2, 0.25) is 11.9 Å². The molecule has 4 rings (SSSR count). The van der Waals surface area contributed by atoms with Crippen molar-refractivity contribution in [2.24, 2.45) is 22.7 Å². The Balaban J connectivity index is 1.30. The van der Waals surface area contributed by atoms with E-state index in [4.69, 9.17) is 0 Å². The summed E-state index contributed by atoms with van der Waals surface area (Å²) in [5.74, 6) is 3.54. The molecule has 3 aliphatic rings. The van der Waals surface area contributed by atoms with E-state index in [0.717, 1.165) is 67.3 Å². The van der Waals surface area contributed by atoms with Crippen molar-refractivity contribution in [3.8, 4) is 0 Å². The third-order valence-corrected chi connectivity index (χ3v) is 7.08. The molecule has 1 unspecified atom stereocenters. The monoisotopic (exact) mass is 517 g/mol. The fourth-order valence-electron chi connectivity index (χ4n) is 4.83. The predicted molar refractivity (Wildman–Crippen MR) is 137 cm³/mol. The highest BCUT2D eigenvalue weighted by molar-refractivity contribution is 9.10. The molecule has 180 valence electrons. The zero-order valence-corrected chi connectivity index (χ0v) is 21.4. The van der Waals surface area contributed by atoms with Gasteiger partial charge in [-0.25, -0.2) is 4.98 Å². The lowest BCUT2D eigenvalue weighted by molar-refractivity contribution is -0.127. The second kappa shape index (κ2) is 11.4. The number of amides is 1. The lowest BCUT2D eigenvalue weighted by Crippen LogP contribution is -2.50. The van der Waals surface area contributed by atoms with Gasteiger partial charge in [0, 0.05) is 64.6 Å². The van der Waals surface area contributed by atoms with Crippen LogP contribution in [0.4, 0.5) is 11.8 Å². The van der Waals surface area contributed by atoms with Crippen LogP contribution in [0.3, 0.4) is 0 Å². The minimum absolute atomic E-state index is 0.274. The lowest BCUT2D eigenvalue weighted by Gasteiger charge is -2.43. The molecule has 0 radical (unpaired) electrons. The van der Waals surface area contributed by atoms with Gasteiger partial charge in [0.05, 0.1) is 10.2 Å². The normalized spacial score (nSPS) is 21.8. The molecule has 0 bridgehead atoms. The molecule has 3 aliphatic heterocycles. The van der Waals surface area contributed by atoms with Crippen LogP contribution < -0.4 is 10.6 Å². The molecule has 1 atom stereocenters. The number of halogens is 1. The van der Waals surface area contributed by atoms with Crippen LogP contribution >= 0.6 is 15.9 Å². The number of aliphatic imine (C=N–C) groups is 1. The fraction of sp³-hybridized carbons (Fsp3) is 0.667. The van der Waals surface area contributed by atoms with Gasteiger partial charge in [-0.2, -0.15) is 4.98 Å². The molecular formula is C24H36BrN7O. The minimum atomic E-state index is 0.274. The summed E-state index contributed by atoms with van der Waals surface area (Å²) >= 11 is 3.54. The zero-order chi connectivity index (χ0) is 23.2. The molecular weight excluding hydrogens is 482 g/mol. The van der Waals surface area contributed by atoms with Gasteiger partial charge >= 0.3 is 0 Å². The Labute approximate surface area is 205 Å². The van der Waals surface area contributed by atoms with E-state index in [-0.39, 0.29) is 5.91 Å². The SMILES string of the molecule is CC(C)CN1CC(C2C=C(Nc3ncc(Br)c(NCCCN4CCCC4=O)n3)C=NCC2)C1. The molecule has 33 heavy (non-hydrogen) atoms. The molecule has 9 heteroatoms. The number of carbonyl (C=O) groups excluding carboxylic acids is 1. The number of hydrogen-bond acceptors (Lipinski definition) is 7. The number of hydrogen-bond donors (Lipinski definition) is 2. The number of likely N-dealkylation sites (tertiary alicyclic amines) is 2. The number of nitrogens with one attached hydrogen (secondary N) is 2. The van der Waals surface area contributed by atoms with Crippen LogP contribution in [0.15, 0.2) is 27.4 Å². The first kappa shape index (κ1) is 24.1. The molecule has 4 heterocycles. The highest BCUT2D eigenvalue weighted by Gasteiger charge is 2.32. The summed E-state index contributed by atoms with van der Waals surface area (Å²) in [7, 11) is 0. The van der Waals surface area contributed by atoms with Crippen LogP contribution in [0.1, 0.15) is 39.5 Å². The lowest BCUT2D eigenvalue weighted by atomic mass is 9.82. The van der Waals surface area contributed by atoms with Crippen LogP contribution in [-0.2, 0) is 4.79 Å². The number of allylic oxidation sites excluding steroid dienone is 2. The number of aromatic nitrogens is 2. The molecule has 1 aromatic rings. The number of rotatable bonds is 10. The molecule has 0 aromatic carbocycles. The van der Waals surface area contributed by atoms with Gasteiger partial charge in [-0.3, -0.25) is 9.79 Å². The van der Waals surface area contributed by atoms with Crippen LogP contribution in [0.5, 0.6) is 0 Å². The standard InChI is InChI=1S/C24H36BrN7O/c1-17(2)14-31-15-19(16-31)18-6-8-26-12-20(11-18)29-24-28-13-21(25)23(30-24)27-7-4-10-32-9-3-5-22(32)33/h11-13,17-19H,3-10,14-16H2,1-2H3,(H2,27,28,29,30). The van der Waals surface area contributed by atoms with E-state index in [1.165, 1.54) is 19.6 Å². The van der Waals surface area contributed by atoms with Crippen molar-refractivity contribution in [1.29, 1.82) is 0 Å². The van der Waals surface area contributed by atoms with Gasteiger partial charge in [-0.15, -0.1) is 0 Å². The molecule has 8 nitrogen and oxygen atoms in total. The Hall–Kier alpha value is -2.00. The van der Waals surface area contributed by atoms with Crippen LogP contribution in [-0.4, -0.2) is 77.7 Å². The Morgan fingerprint density at radius 2 is 2.15 bits per heavy atom. The summed E-state index contributed by atoms with van der Waals surface area (Å²) in [5.41, 5.74) is 0.973. The average molecular weight is 519 g/mol. The van der Waals surface area contributed by atoms with Crippen molar-refractivity contribution >= 4 is 39.8 Å². The van der Waals surface area contributed by atoms with E-state index < -0.39 is 0 Å². The van der Waals surface area contributed by atoms with Crippen molar-refractivity contribution in [3.63, 3.8) is 0 Å². The number of anilines is 2. The third kappa shape index (κ3) is 6.76. The highest BCUT2D eigenvalue weighted by atomic mass is 79.9. The molecule has 1 amide bonds. The Bertz CT molecular complexity index is 882. The maximum absolute atomic E-state index is 11.7. The summed E-state index contributed by atoms with van der Waals surface area (Å²) in [5, 5.41) is 6.74. The largest absolute Gasteiger partial charge is 0.369 e. The smallest absolute Gasteiger partial charge is 0.229 e. The van der Waals surface area contributed by atoms with E-state index in [9.17, 15) is 4.79 Å². The molecule has 0 spiro atoms. The van der Waals surface area contributed by atoms with Gasteiger partial charge in [-0.05, 0) is 52.9 Å². The first-order chi connectivity index (χ1) is 16.0. The topological polar surface area (TPSA) is 85.8 Å². The Morgan fingerprint density at radius 3 is 2.91 bits per heavy atom. The Kier molecular flexibility index (Phi) is 8.35. The summed E-state index contributed by atoms with van der Waals surface area (Å²) in [6.07, 6.45) is 9.65. The third-order valence-electron chi connectivity index (χ3n) is 6.50. The fourth-order valence-corrected chi connectivity index (χ4v) is 5.16. The number of carbonyl (C=O) groups is 1. The zero-order valence-electron chi connectivity index (χ0n) is 19.8. The van der Waals surface area contributed by atoms with Crippen LogP contribution in [0.2, 0.25) is 0 Å². The van der Waals surface area contributed by atoms with Gasteiger partial charge < -0.3 is 20.4 Å². The quantitative estimate of drug-likeness (QED) is 0.460. The average Bonchev–Trinajstić information content (AvgIpc) is 3.02. The summed E-state index contributed by atoms with van der Waals surface area (Å²) < 4.78 is 0.825. The molecule has 2 fully saturated rings. The predicted octanol–water partition coefficient (Wildman–Crippen LogP) is 3.64. The van der Waals surface area contributed by atoms with E-state index >= 15 is 0 Å². The molecule has 0 aliphatic carbocycles. The second-order valence-electron chi connectivity index (χ2n) is 9.76. The van der Waals surface area contributed by atoms with Crippen molar-refractivity contribution in [2.45, 2.75) is 39.5 Å². The first-order valence-electron chi connectivity index (χ1n) is 12.2. The molecule has 2 N–H and O–H groups in total. The summed E-state index contributed by atoms with van der Waals surface area (Å²) in [6, 6.07) is 0. The molecule has 1 aromatic heterocycles. The minimum Gasteiger partial charge on any atom is -0.369 e. The second-order valence-corrected chi connectivity index (χ2v) is 10.6. The van der Waals surface area contributed by atoms with Gasteiger partial charge in [0.15, 0.2) is 0 Å². The van der Waals surface area contributed by atoms with E-state index in [1.54, 1.807) is 6.20 Å². The Morgan fingerprint density at radius 1 is 1.30 bits per heavy atom. The van der Waals surface area contributed by atoms with E-state index in [0.29, 0.717) is 24.2 Å². The maximum Gasteiger partial charge on any atom is 0.229 e. The van der Waals surface area contributed by atoms with Gasteiger partial charge in [0.1, 0.15) is 5.82 Å². The van der Waals surface area contributed by atoms with E-state index in [1.807, 2.05) is 11.1 Å². The molecule has 0 saturated carbocycles. The van der Waals surface area contributed by atoms with Crippen molar-refractivity contribution < 1.29 is 4.79 Å². The van der Waals surface area contributed by atoms with Crippen molar-refractivity contribution in [2.75, 3.05) is 56.4 Å². The van der Waals surface area contributed by atoms with Crippen LogP contribution in [0, 0.1) is 17.8 Å². The summed E-state index contributed by atoms with van der Waals surface area (Å²) in [4.78, 5) is 29.9. The summed E-state index contributed by atoms with van der Waals surface area (Å²) in [6.45, 7) is 11.4. The van der Waals surface area contributed by atoms with E-state index in [2.05, 4.69) is 66.3 Å². The van der Waals surface area contributed by atoms with Crippen LogP contribution in [0.25, 0.3) is 0 Å². The van der Waals surface area contributed by atoms with Crippen molar-refractivity contribution in [3.05, 3.63) is 22.4 Å². The number of nitrogens with zero attached hydrogens (tertiary/aromatic N) is 5. The van der Waals surface area contributed by atoms with Crippen molar-refractivity contribution in [1.82, 2.24) is 19.8 Å². The maximum atomic E-state index is 11.7. The molecule has 2 saturated heterocycles. The highest BCUT2D eigenvalue weighted by Crippen LogP contribution is 2.30. The van der Waals surface area contributed by atoms with Gasteiger partial charge in [0.25, 0.3) is 0 Å². The van der Waals surface area contributed by atoms with Gasteiger partial charge in [-0.1, -0.05) is 19.9 Å².